The Balaban J connectivity index is 1.41. The van der Waals surface area contributed by atoms with E-state index in [1.807, 2.05) is 43.3 Å². The molecule has 1 aliphatic rings. The van der Waals surface area contributed by atoms with E-state index in [1.165, 1.54) is 5.56 Å². The van der Waals surface area contributed by atoms with Crippen LogP contribution in [-0.4, -0.2) is 55.7 Å². The van der Waals surface area contributed by atoms with E-state index in [2.05, 4.69) is 28.6 Å². The van der Waals surface area contributed by atoms with Gasteiger partial charge in [-0.15, -0.1) is 0 Å². The second-order valence-corrected chi connectivity index (χ2v) is 8.84. The van der Waals surface area contributed by atoms with E-state index >= 15 is 0 Å². The molecule has 0 bridgehead atoms. The summed E-state index contributed by atoms with van der Waals surface area (Å²) < 4.78 is 11.2. The maximum Gasteiger partial charge on any atom is 0.186 e. The van der Waals surface area contributed by atoms with E-state index in [-0.39, 0.29) is 6.04 Å². The molecule has 0 amide bonds. The molecular formula is C24H31Cl2N3O2. The van der Waals surface area contributed by atoms with E-state index in [0.29, 0.717) is 15.9 Å². The zero-order chi connectivity index (χ0) is 22.4. The van der Waals surface area contributed by atoms with Gasteiger partial charge >= 0.3 is 0 Å². The first-order valence-electron chi connectivity index (χ1n) is 10.5. The molecule has 1 heterocycles. The summed E-state index contributed by atoms with van der Waals surface area (Å²) in [6, 6.07) is 11.9. The number of aryl methyl sites for hydroxylation is 1. The van der Waals surface area contributed by atoms with Crippen LogP contribution in [0.4, 0.5) is 0 Å². The lowest BCUT2D eigenvalue weighted by Crippen LogP contribution is -2.49. The summed E-state index contributed by atoms with van der Waals surface area (Å²) in [5, 5.41) is 4.58. The van der Waals surface area contributed by atoms with Gasteiger partial charge in [0.2, 0.25) is 0 Å². The molecule has 5 nitrogen and oxygen atoms in total. The van der Waals surface area contributed by atoms with Crippen molar-refractivity contribution in [1.82, 2.24) is 15.1 Å². The van der Waals surface area contributed by atoms with Gasteiger partial charge in [-0.1, -0.05) is 35.3 Å². The summed E-state index contributed by atoms with van der Waals surface area (Å²) in [4.78, 5) is 4.91. The maximum absolute atomic E-state index is 6.14. The van der Waals surface area contributed by atoms with E-state index in [1.54, 1.807) is 7.11 Å². The lowest BCUT2D eigenvalue weighted by molar-refractivity contribution is 0.119. The highest BCUT2D eigenvalue weighted by Crippen LogP contribution is 2.25. The highest BCUT2D eigenvalue weighted by atomic mass is 35.5. The van der Waals surface area contributed by atoms with Gasteiger partial charge in [-0.25, -0.2) is 0 Å². The lowest BCUT2D eigenvalue weighted by Gasteiger charge is -2.36. The third kappa shape index (κ3) is 7.04. The van der Waals surface area contributed by atoms with Gasteiger partial charge in [-0.05, 0) is 49.8 Å². The van der Waals surface area contributed by atoms with Crippen molar-refractivity contribution in [2.75, 3.05) is 39.8 Å². The molecule has 3 rings (SSSR count). The van der Waals surface area contributed by atoms with Crippen LogP contribution in [0.5, 0.6) is 11.5 Å². The Bertz CT molecular complexity index is 898. The van der Waals surface area contributed by atoms with E-state index in [0.717, 1.165) is 56.3 Å². The summed E-state index contributed by atoms with van der Waals surface area (Å²) in [7, 11) is 1.65. The van der Waals surface area contributed by atoms with Crippen LogP contribution in [0.1, 0.15) is 18.1 Å². The molecule has 1 saturated heterocycles. The van der Waals surface area contributed by atoms with Crippen LogP contribution in [0.15, 0.2) is 48.9 Å². The van der Waals surface area contributed by atoms with Gasteiger partial charge in [0.1, 0.15) is 11.5 Å². The number of nitrogens with zero attached hydrogens (tertiary/aromatic N) is 2. The standard InChI is InChI=1S/C24H31Cl2N3O2/c1-17-5-7-21(30-4)14-24(17)31-19(3)27-18(2)15-28-9-11-29(12-10-28)16-20-6-8-22(25)23(26)13-20/h5-8,13-14,18,27H,3,9-12,15-16H2,1-2,4H3. The molecular weight excluding hydrogens is 433 g/mol. The van der Waals surface area contributed by atoms with Crippen LogP contribution in [0.3, 0.4) is 0 Å². The fourth-order valence-electron chi connectivity index (χ4n) is 3.71. The molecule has 1 atom stereocenters. The fourth-order valence-corrected chi connectivity index (χ4v) is 4.03. The second-order valence-electron chi connectivity index (χ2n) is 8.03. The number of ether oxygens (including phenoxy) is 2. The van der Waals surface area contributed by atoms with E-state index in [9.17, 15) is 0 Å². The van der Waals surface area contributed by atoms with Crippen LogP contribution < -0.4 is 14.8 Å². The Labute approximate surface area is 195 Å². The molecule has 1 aliphatic heterocycles. The van der Waals surface area contributed by atoms with Crippen LogP contribution in [0.2, 0.25) is 10.0 Å². The predicted octanol–water partition coefficient (Wildman–Crippen LogP) is 4.96. The molecule has 0 spiro atoms. The molecule has 0 aromatic heterocycles. The number of hydrogen-bond donors (Lipinski definition) is 1. The van der Waals surface area contributed by atoms with Crippen LogP contribution >= 0.6 is 23.2 Å². The van der Waals surface area contributed by atoms with Gasteiger partial charge < -0.3 is 14.8 Å². The van der Waals surface area contributed by atoms with E-state index < -0.39 is 0 Å². The van der Waals surface area contributed by atoms with Crippen molar-refractivity contribution in [2.24, 2.45) is 0 Å². The molecule has 0 radical (unpaired) electrons. The van der Waals surface area contributed by atoms with Gasteiger partial charge in [0.05, 0.1) is 17.2 Å². The highest BCUT2D eigenvalue weighted by molar-refractivity contribution is 6.42. The molecule has 2 aromatic rings. The molecule has 7 heteroatoms. The highest BCUT2D eigenvalue weighted by Gasteiger charge is 2.19. The number of piperazine rings is 1. The number of hydrogen-bond acceptors (Lipinski definition) is 5. The largest absolute Gasteiger partial charge is 0.497 e. The van der Waals surface area contributed by atoms with Crippen LogP contribution in [0.25, 0.3) is 0 Å². The summed E-state index contributed by atoms with van der Waals surface area (Å²) in [6.45, 7) is 14.1. The van der Waals surface area contributed by atoms with Crippen molar-refractivity contribution in [2.45, 2.75) is 26.4 Å². The van der Waals surface area contributed by atoms with Crippen molar-refractivity contribution in [1.29, 1.82) is 0 Å². The second kappa shape index (κ2) is 11.1. The number of methoxy groups -OCH3 is 1. The Kier molecular flexibility index (Phi) is 8.50. The molecule has 168 valence electrons. The quantitative estimate of drug-likeness (QED) is 0.532. The Morgan fingerprint density at radius 1 is 1.06 bits per heavy atom. The fraction of sp³-hybridized carbons (Fsp3) is 0.417. The van der Waals surface area contributed by atoms with Crippen molar-refractivity contribution >= 4 is 23.2 Å². The molecule has 1 N–H and O–H groups in total. The van der Waals surface area contributed by atoms with E-state index in [4.69, 9.17) is 32.7 Å². The zero-order valence-corrected chi connectivity index (χ0v) is 20.0. The maximum atomic E-state index is 6.14. The van der Waals surface area contributed by atoms with Crippen molar-refractivity contribution in [3.63, 3.8) is 0 Å². The van der Waals surface area contributed by atoms with Gasteiger partial charge in [-0.2, -0.15) is 0 Å². The normalized spacial score (nSPS) is 16.0. The monoisotopic (exact) mass is 463 g/mol. The smallest absolute Gasteiger partial charge is 0.186 e. The number of nitrogens with one attached hydrogen (secondary N) is 1. The molecule has 0 aliphatic carbocycles. The predicted molar refractivity (Wildman–Crippen MR) is 128 cm³/mol. The topological polar surface area (TPSA) is 37.0 Å². The van der Waals surface area contributed by atoms with Crippen molar-refractivity contribution in [3.8, 4) is 11.5 Å². The van der Waals surface area contributed by atoms with Gasteiger partial charge in [0.15, 0.2) is 5.88 Å². The number of halogens is 2. The third-order valence-corrected chi connectivity index (χ3v) is 6.16. The molecule has 0 saturated carbocycles. The summed E-state index contributed by atoms with van der Waals surface area (Å²) >= 11 is 12.2. The first-order valence-corrected chi connectivity index (χ1v) is 11.3. The Morgan fingerprint density at radius 3 is 2.45 bits per heavy atom. The minimum Gasteiger partial charge on any atom is -0.497 e. The SMILES string of the molecule is C=C(NC(C)CN1CCN(Cc2ccc(Cl)c(Cl)c2)CC1)Oc1cc(OC)ccc1C. The zero-order valence-electron chi connectivity index (χ0n) is 18.5. The van der Waals surface area contributed by atoms with Crippen molar-refractivity contribution < 1.29 is 9.47 Å². The summed E-state index contributed by atoms with van der Waals surface area (Å²) in [6.07, 6.45) is 0. The molecule has 1 unspecified atom stereocenters. The average molecular weight is 464 g/mol. The first kappa shape index (κ1) is 23.7. The molecule has 1 fully saturated rings. The molecule has 2 aromatic carbocycles. The van der Waals surface area contributed by atoms with Crippen LogP contribution in [0, 0.1) is 6.92 Å². The van der Waals surface area contributed by atoms with Crippen molar-refractivity contribution in [3.05, 3.63) is 70.0 Å². The average Bonchev–Trinajstić information content (AvgIpc) is 2.73. The summed E-state index contributed by atoms with van der Waals surface area (Å²) in [5.74, 6) is 2.06. The number of benzene rings is 2. The third-order valence-electron chi connectivity index (χ3n) is 5.42. The van der Waals surface area contributed by atoms with Gasteiger partial charge in [0.25, 0.3) is 0 Å². The Hall–Kier alpha value is -1.92. The lowest BCUT2D eigenvalue weighted by atomic mass is 10.2. The van der Waals surface area contributed by atoms with Gasteiger partial charge in [0, 0.05) is 51.4 Å². The minimum atomic E-state index is 0.222. The Morgan fingerprint density at radius 2 is 1.77 bits per heavy atom. The summed E-state index contributed by atoms with van der Waals surface area (Å²) in [5.41, 5.74) is 2.23. The first-order chi connectivity index (χ1) is 14.8. The minimum absolute atomic E-state index is 0.222. The number of rotatable bonds is 9. The van der Waals surface area contributed by atoms with Crippen LogP contribution in [-0.2, 0) is 6.54 Å². The molecule has 31 heavy (non-hydrogen) atoms. The van der Waals surface area contributed by atoms with Gasteiger partial charge in [-0.3, -0.25) is 9.80 Å².